The zero-order valence-corrected chi connectivity index (χ0v) is 19.7. The molecule has 0 saturated carbocycles. The van der Waals surface area contributed by atoms with E-state index in [9.17, 15) is 17.2 Å². The van der Waals surface area contributed by atoms with E-state index in [0.29, 0.717) is 28.4 Å². The SMILES string of the molecule is COc1cc(/C=C\c2ccc(F)c(OC)c2NS(=O)(=O)c2cccc(F)c2)cc(OC)c1OC. The van der Waals surface area contributed by atoms with E-state index in [4.69, 9.17) is 18.9 Å². The number of hydrogen-bond acceptors (Lipinski definition) is 6. The third-order valence-corrected chi connectivity index (χ3v) is 6.18. The van der Waals surface area contributed by atoms with Crippen molar-refractivity contribution in [1.82, 2.24) is 0 Å². The molecule has 0 aromatic heterocycles. The summed E-state index contributed by atoms with van der Waals surface area (Å²) in [5, 5.41) is 0. The highest BCUT2D eigenvalue weighted by Gasteiger charge is 2.21. The summed E-state index contributed by atoms with van der Waals surface area (Å²) in [6.07, 6.45) is 3.21. The minimum absolute atomic E-state index is 0.143. The first-order valence-electron chi connectivity index (χ1n) is 9.87. The van der Waals surface area contributed by atoms with Gasteiger partial charge >= 0.3 is 0 Å². The van der Waals surface area contributed by atoms with Crippen molar-refractivity contribution in [1.29, 1.82) is 0 Å². The lowest BCUT2D eigenvalue weighted by Gasteiger charge is -2.16. The molecule has 0 fully saturated rings. The Morgan fingerprint density at radius 3 is 2.00 bits per heavy atom. The van der Waals surface area contributed by atoms with Crippen molar-refractivity contribution in [3.05, 3.63) is 71.3 Å². The zero-order valence-electron chi connectivity index (χ0n) is 18.9. The number of sulfonamides is 1. The fraction of sp³-hybridized carbons (Fsp3) is 0.167. The molecule has 0 unspecified atom stereocenters. The molecule has 0 aliphatic heterocycles. The molecule has 10 heteroatoms. The van der Waals surface area contributed by atoms with Crippen LogP contribution >= 0.6 is 0 Å². The average Bonchev–Trinajstić information content (AvgIpc) is 2.82. The lowest BCUT2D eigenvalue weighted by molar-refractivity contribution is 0.324. The Morgan fingerprint density at radius 2 is 1.44 bits per heavy atom. The number of hydrogen-bond donors (Lipinski definition) is 1. The molecule has 0 heterocycles. The molecule has 0 radical (unpaired) electrons. The summed E-state index contributed by atoms with van der Waals surface area (Å²) in [6.45, 7) is 0. The average molecular weight is 492 g/mol. The molecule has 0 saturated heterocycles. The molecule has 3 aromatic carbocycles. The molecular formula is C24H23F2NO6S. The summed E-state index contributed by atoms with van der Waals surface area (Å²) >= 11 is 0. The fourth-order valence-electron chi connectivity index (χ4n) is 3.23. The van der Waals surface area contributed by atoms with E-state index in [2.05, 4.69) is 4.72 Å². The summed E-state index contributed by atoms with van der Waals surface area (Å²) < 4.78 is 77.2. The van der Waals surface area contributed by atoms with Gasteiger partial charge in [-0.2, -0.15) is 0 Å². The lowest BCUT2D eigenvalue weighted by atomic mass is 10.1. The molecule has 0 amide bonds. The molecule has 0 atom stereocenters. The van der Waals surface area contributed by atoms with Crippen LogP contribution in [0.2, 0.25) is 0 Å². The number of benzene rings is 3. The minimum Gasteiger partial charge on any atom is -0.493 e. The Bertz CT molecular complexity index is 1300. The maximum Gasteiger partial charge on any atom is 0.262 e. The van der Waals surface area contributed by atoms with Gasteiger partial charge in [-0.3, -0.25) is 4.72 Å². The van der Waals surface area contributed by atoms with Crippen LogP contribution in [0.15, 0.2) is 53.4 Å². The molecule has 3 aromatic rings. The Hall–Kier alpha value is -3.79. The highest BCUT2D eigenvalue weighted by Crippen LogP contribution is 2.39. The number of anilines is 1. The van der Waals surface area contributed by atoms with E-state index in [1.807, 2.05) is 0 Å². The number of rotatable bonds is 9. The fourth-order valence-corrected chi connectivity index (χ4v) is 4.35. The summed E-state index contributed by atoms with van der Waals surface area (Å²) in [4.78, 5) is -0.321. The van der Waals surface area contributed by atoms with Crippen molar-refractivity contribution >= 4 is 27.9 Å². The Balaban J connectivity index is 2.08. The molecule has 7 nitrogen and oxygen atoms in total. The molecule has 34 heavy (non-hydrogen) atoms. The van der Waals surface area contributed by atoms with Gasteiger partial charge in [-0.15, -0.1) is 0 Å². The van der Waals surface area contributed by atoms with Crippen molar-refractivity contribution in [2.75, 3.05) is 33.2 Å². The van der Waals surface area contributed by atoms with Crippen LogP contribution in [0.4, 0.5) is 14.5 Å². The van der Waals surface area contributed by atoms with Crippen LogP contribution in [0.3, 0.4) is 0 Å². The van der Waals surface area contributed by atoms with Gasteiger partial charge in [0.1, 0.15) is 11.5 Å². The normalized spacial score (nSPS) is 11.4. The predicted octanol–water partition coefficient (Wildman–Crippen LogP) is 4.97. The van der Waals surface area contributed by atoms with Gasteiger partial charge in [0.2, 0.25) is 5.75 Å². The second-order valence-electron chi connectivity index (χ2n) is 6.90. The first-order valence-corrected chi connectivity index (χ1v) is 11.3. The van der Waals surface area contributed by atoms with E-state index in [1.165, 1.54) is 46.6 Å². The molecule has 0 spiro atoms. The number of methoxy groups -OCH3 is 4. The van der Waals surface area contributed by atoms with Gasteiger partial charge in [0.25, 0.3) is 10.0 Å². The van der Waals surface area contributed by atoms with Crippen LogP contribution in [0.5, 0.6) is 23.0 Å². The zero-order chi connectivity index (χ0) is 24.9. The van der Waals surface area contributed by atoms with Crippen LogP contribution in [-0.2, 0) is 10.0 Å². The lowest BCUT2D eigenvalue weighted by Crippen LogP contribution is -2.15. The van der Waals surface area contributed by atoms with Crippen molar-refractivity contribution in [2.45, 2.75) is 4.90 Å². The summed E-state index contributed by atoms with van der Waals surface area (Å²) in [7, 11) is 1.41. The van der Waals surface area contributed by atoms with Gasteiger partial charge in [-0.25, -0.2) is 17.2 Å². The van der Waals surface area contributed by atoms with E-state index in [1.54, 1.807) is 24.3 Å². The number of halogens is 2. The maximum absolute atomic E-state index is 14.4. The van der Waals surface area contributed by atoms with Crippen LogP contribution in [0, 0.1) is 11.6 Å². The highest BCUT2D eigenvalue weighted by molar-refractivity contribution is 7.92. The topological polar surface area (TPSA) is 83.1 Å². The molecular weight excluding hydrogens is 468 g/mol. The Morgan fingerprint density at radius 1 is 0.794 bits per heavy atom. The van der Waals surface area contributed by atoms with Crippen molar-refractivity contribution in [2.24, 2.45) is 0 Å². The van der Waals surface area contributed by atoms with Crippen LogP contribution in [-0.4, -0.2) is 36.9 Å². The van der Waals surface area contributed by atoms with Gasteiger partial charge in [-0.1, -0.05) is 18.2 Å². The first kappa shape index (κ1) is 24.8. The third-order valence-electron chi connectivity index (χ3n) is 4.83. The summed E-state index contributed by atoms with van der Waals surface area (Å²) in [5.41, 5.74) is 0.791. The second-order valence-corrected chi connectivity index (χ2v) is 8.58. The van der Waals surface area contributed by atoms with Crippen molar-refractivity contribution < 1.29 is 36.1 Å². The standard InChI is InChI=1S/C24H23F2NO6S/c1-30-20-12-15(13-21(31-2)24(20)33-4)8-9-16-10-11-19(26)23(32-3)22(16)27-34(28,29)18-7-5-6-17(25)14-18/h5-14,27H,1-4H3/b9-8-. The van der Waals surface area contributed by atoms with E-state index < -0.39 is 21.7 Å². The smallest absolute Gasteiger partial charge is 0.262 e. The number of ether oxygens (including phenoxy) is 4. The molecule has 1 N–H and O–H groups in total. The maximum atomic E-state index is 14.4. The van der Waals surface area contributed by atoms with E-state index >= 15 is 0 Å². The van der Waals surface area contributed by atoms with E-state index in [0.717, 1.165) is 18.2 Å². The van der Waals surface area contributed by atoms with Gasteiger partial charge < -0.3 is 18.9 Å². The van der Waals surface area contributed by atoms with Gasteiger partial charge in [0.05, 0.1) is 33.3 Å². The highest BCUT2D eigenvalue weighted by atomic mass is 32.2. The largest absolute Gasteiger partial charge is 0.493 e. The monoisotopic (exact) mass is 491 g/mol. The van der Waals surface area contributed by atoms with Crippen LogP contribution in [0.1, 0.15) is 11.1 Å². The minimum atomic E-state index is -4.25. The molecule has 0 aliphatic carbocycles. The summed E-state index contributed by atoms with van der Waals surface area (Å²) in [5.74, 6) is -0.558. The van der Waals surface area contributed by atoms with Crippen LogP contribution < -0.4 is 23.7 Å². The molecule has 0 aliphatic rings. The van der Waals surface area contributed by atoms with Gasteiger partial charge in [-0.05, 0) is 48.0 Å². The Kier molecular flexibility index (Phi) is 7.62. The molecule has 180 valence electrons. The van der Waals surface area contributed by atoms with Crippen molar-refractivity contribution in [3.8, 4) is 23.0 Å². The quantitative estimate of drug-likeness (QED) is 0.426. The molecule has 3 rings (SSSR count). The van der Waals surface area contributed by atoms with E-state index in [-0.39, 0.29) is 16.3 Å². The molecule has 0 bridgehead atoms. The van der Waals surface area contributed by atoms with Crippen LogP contribution in [0.25, 0.3) is 12.2 Å². The first-order chi connectivity index (χ1) is 16.2. The second kappa shape index (κ2) is 10.4. The Labute approximate surface area is 196 Å². The number of nitrogens with one attached hydrogen (secondary N) is 1. The summed E-state index contributed by atoms with van der Waals surface area (Å²) in [6, 6.07) is 10.4. The predicted molar refractivity (Wildman–Crippen MR) is 125 cm³/mol. The van der Waals surface area contributed by atoms with Crippen molar-refractivity contribution in [3.63, 3.8) is 0 Å². The van der Waals surface area contributed by atoms with Gasteiger partial charge in [0.15, 0.2) is 23.1 Å². The third kappa shape index (κ3) is 5.23. The van der Waals surface area contributed by atoms with Gasteiger partial charge in [0, 0.05) is 5.56 Å².